The highest BCUT2D eigenvalue weighted by molar-refractivity contribution is 5.37. The molecule has 0 nitrogen and oxygen atoms in total. The first kappa shape index (κ1) is 10.3. The van der Waals surface area contributed by atoms with E-state index in [9.17, 15) is 8.78 Å². The maximum atomic E-state index is 13.7. The lowest BCUT2D eigenvalue weighted by atomic mass is 9.82. The van der Waals surface area contributed by atoms with Gasteiger partial charge in [0, 0.05) is 0 Å². The minimum absolute atomic E-state index is 0.228. The fraction of sp³-hybridized carbons (Fsp3) is 0.385. The van der Waals surface area contributed by atoms with Gasteiger partial charge in [-0.2, -0.15) is 0 Å². The van der Waals surface area contributed by atoms with E-state index in [2.05, 4.69) is 6.58 Å². The molecular formula is C13H14F2. The van der Waals surface area contributed by atoms with Crippen LogP contribution < -0.4 is 0 Å². The van der Waals surface area contributed by atoms with Crippen molar-refractivity contribution in [2.45, 2.75) is 26.2 Å². The first-order valence-corrected chi connectivity index (χ1v) is 5.22. The van der Waals surface area contributed by atoms with Crippen molar-refractivity contribution in [1.29, 1.82) is 0 Å². The highest BCUT2D eigenvalue weighted by atomic mass is 19.1. The third-order valence-electron chi connectivity index (χ3n) is 3.17. The van der Waals surface area contributed by atoms with Crippen LogP contribution in [0.1, 0.15) is 23.1 Å². The molecule has 0 heterocycles. The minimum Gasteiger partial charge on any atom is -0.207 e. The predicted octanol–water partition coefficient (Wildman–Crippen LogP) is 3.56. The Bertz CT molecular complexity index is 407. The Morgan fingerprint density at radius 3 is 2.80 bits per heavy atom. The third kappa shape index (κ3) is 1.69. The van der Waals surface area contributed by atoms with Gasteiger partial charge < -0.3 is 0 Å². The molecule has 1 aromatic carbocycles. The maximum absolute atomic E-state index is 13.7. The SMILES string of the molecule is C=CC1CCc2c(F)c(C)cc(F)c2C1. The van der Waals surface area contributed by atoms with Crippen LogP contribution in [0.25, 0.3) is 0 Å². The zero-order chi connectivity index (χ0) is 11.0. The zero-order valence-corrected chi connectivity index (χ0v) is 8.82. The highest BCUT2D eigenvalue weighted by Gasteiger charge is 2.23. The van der Waals surface area contributed by atoms with Crippen LogP contribution in [0.3, 0.4) is 0 Å². The molecule has 0 radical (unpaired) electrons. The molecule has 0 spiro atoms. The molecule has 0 saturated heterocycles. The Hall–Kier alpha value is -1.18. The Morgan fingerprint density at radius 2 is 2.13 bits per heavy atom. The summed E-state index contributed by atoms with van der Waals surface area (Å²) < 4.78 is 27.3. The fourth-order valence-corrected chi connectivity index (χ4v) is 2.23. The summed E-state index contributed by atoms with van der Waals surface area (Å²) in [5.74, 6) is -0.210. The first-order valence-electron chi connectivity index (χ1n) is 5.22. The van der Waals surface area contributed by atoms with Crippen molar-refractivity contribution in [3.8, 4) is 0 Å². The summed E-state index contributed by atoms with van der Waals surface area (Å²) in [6.45, 7) is 5.32. The van der Waals surface area contributed by atoms with Gasteiger partial charge in [-0.1, -0.05) is 6.08 Å². The number of allylic oxidation sites excluding steroid dienone is 1. The van der Waals surface area contributed by atoms with E-state index in [1.54, 1.807) is 6.92 Å². The summed E-state index contributed by atoms with van der Waals surface area (Å²) in [7, 11) is 0. The summed E-state index contributed by atoms with van der Waals surface area (Å²) in [6, 6.07) is 1.29. The van der Waals surface area contributed by atoms with Crippen LogP contribution in [-0.4, -0.2) is 0 Å². The molecule has 1 aliphatic carbocycles. The van der Waals surface area contributed by atoms with Crippen LogP contribution in [0.4, 0.5) is 8.78 Å². The lowest BCUT2D eigenvalue weighted by Gasteiger charge is -2.23. The van der Waals surface area contributed by atoms with Crippen LogP contribution in [0.5, 0.6) is 0 Å². The Kier molecular flexibility index (Phi) is 2.59. The van der Waals surface area contributed by atoms with Crippen molar-refractivity contribution < 1.29 is 8.78 Å². The second-order valence-corrected chi connectivity index (χ2v) is 4.18. The van der Waals surface area contributed by atoms with E-state index >= 15 is 0 Å². The normalized spacial score (nSPS) is 19.8. The van der Waals surface area contributed by atoms with Gasteiger partial charge in [0.25, 0.3) is 0 Å². The van der Waals surface area contributed by atoms with E-state index in [0.29, 0.717) is 29.5 Å². The molecule has 2 heteroatoms. The quantitative estimate of drug-likeness (QED) is 0.619. The topological polar surface area (TPSA) is 0 Å². The average Bonchev–Trinajstić information content (AvgIpc) is 2.25. The summed E-state index contributed by atoms with van der Waals surface area (Å²) in [5.41, 5.74) is 1.53. The fourth-order valence-electron chi connectivity index (χ4n) is 2.23. The summed E-state index contributed by atoms with van der Waals surface area (Å²) >= 11 is 0. The third-order valence-corrected chi connectivity index (χ3v) is 3.17. The van der Waals surface area contributed by atoms with Crippen LogP contribution in [-0.2, 0) is 12.8 Å². The molecule has 1 atom stereocenters. The molecule has 0 N–H and O–H groups in total. The molecule has 0 aromatic heterocycles. The van der Waals surface area contributed by atoms with Gasteiger partial charge in [-0.25, -0.2) is 8.78 Å². The lowest BCUT2D eigenvalue weighted by Crippen LogP contribution is -2.16. The maximum Gasteiger partial charge on any atom is 0.129 e. The van der Waals surface area contributed by atoms with Crippen LogP contribution in [0.15, 0.2) is 18.7 Å². The molecule has 2 rings (SSSR count). The summed E-state index contributed by atoms with van der Waals surface area (Å²) in [6.07, 6.45) is 3.91. The van der Waals surface area contributed by atoms with Gasteiger partial charge in [-0.05, 0) is 54.9 Å². The van der Waals surface area contributed by atoms with Crippen molar-refractivity contribution in [2.24, 2.45) is 5.92 Å². The largest absolute Gasteiger partial charge is 0.207 e. The number of benzene rings is 1. The van der Waals surface area contributed by atoms with Gasteiger partial charge in [0.2, 0.25) is 0 Å². The zero-order valence-electron chi connectivity index (χ0n) is 8.82. The van der Waals surface area contributed by atoms with E-state index in [1.165, 1.54) is 6.07 Å². The molecule has 1 aliphatic rings. The number of fused-ring (bicyclic) bond motifs is 1. The lowest BCUT2D eigenvalue weighted by molar-refractivity contribution is 0.488. The van der Waals surface area contributed by atoms with Gasteiger partial charge in [0.1, 0.15) is 11.6 Å². The molecule has 0 aliphatic heterocycles. The number of hydrogen-bond acceptors (Lipinski definition) is 0. The number of halogens is 2. The average molecular weight is 208 g/mol. The van der Waals surface area contributed by atoms with E-state index in [-0.39, 0.29) is 17.6 Å². The van der Waals surface area contributed by atoms with Gasteiger partial charge >= 0.3 is 0 Å². The standard InChI is InChI=1S/C13H14F2/c1-3-9-4-5-10-11(7-9)12(14)6-8(2)13(10)15/h3,6,9H,1,4-5,7H2,2H3. The van der Waals surface area contributed by atoms with E-state index in [1.807, 2.05) is 6.08 Å². The molecule has 1 unspecified atom stereocenters. The summed E-state index contributed by atoms with van der Waals surface area (Å²) in [4.78, 5) is 0. The van der Waals surface area contributed by atoms with Crippen LogP contribution >= 0.6 is 0 Å². The summed E-state index contributed by atoms with van der Waals surface area (Å²) in [5, 5.41) is 0. The van der Waals surface area contributed by atoms with Crippen molar-refractivity contribution >= 4 is 0 Å². The van der Waals surface area contributed by atoms with E-state index < -0.39 is 0 Å². The van der Waals surface area contributed by atoms with Crippen molar-refractivity contribution in [2.75, 3.05) is 0 Å². The molecular weight excluding hydrogens is 194 g/mol. The van der Waals surface area contributed by atoms with Crippen molar-refractivity contribution in [3.63, 3.8) is 0 Å². The van der Waals surface area contributed by atoms with Crippen LogP contribution in [0, 0.1) is 24.5 Å². The monoisotopic (exact) mass is 208 g/mol. The molecule has 0 saturated carbocycles. The molecule has 80 valence electrons. The molecule has 0 bridgehead atoms. The first-order chi connectivity index (χ1) is 7.13. The highest BCUT2D eigenvalue weighted by Crippen LogP contribution is 2.31. The van der Waals surface area contributed by atoms with Crippen LogP contribution in [0.2, 0.25) is 0 Å². The smallest absolute Gasteiger partial charge is 0.129 e. The molecule has 0 fully saturated rings. The van der Waals surface area contributed by atoms with Crippen molar-refractivity contribution in [1.82, 2.24) is 0 Å². The van der Waals surface area contributed by atoms with Gasteiger partial charge in [0.05, 0.1) is 0 Å². The Labute approximate surface area is 88.6 Å². The Morgan fingerprint density at radius 1 is 1.40 bits per heavy atom. The second kappa shape index (κ2) is 3.76. The van der Waals surface area contributed by atoms with Gasteiger partial charge in [0.15, 0.2) is 0 Å². The number of rotatable bonds is 1. The Balaban J connectivity index is 2.51. The second-order valence-electron chi connectivity index (χ2n) is 4.18. The predicted molar refractivity (Wildman–Crippen MR) is 56.8 cm³/mol. The number of aryl methyl sites for hydroxylation is 1. The number of hydrogen-bond donors (Lipinski definition) is 0. The minimum atomic E-state index is -0.268. The molecule has 0 amide bonds. The van der Waals surface area contributed by atoms with E-state index in [0.717, 1.165) is 6.42 Å². The van der Waals surface area contributed by atoms with Gasteiger partial charge in [-0.3, -0.25) is 0 Å². The molecule has 1 aromatic rings. The van der Waals surface area contributed by atoms with E-state index in [4.69, 9.17) is 0 Å². The van der Waals surface area contributed by atoms with Crippen molar-refractivity contribution in [3.05, 3.63) is 47.0 Å². The molecule has 15 heavy (non-hydrogen) atoms. The van der Waals surface area contributed by atoms with Gasteiger partial charge in [-0.15, -0.1) is 6.58 Å².